The van der Waals surface area contributed by atoms with E-state index in [2.05, 4.69) is 10.6 Å². The summed E-state index contributed by atoms with van der Waals surface area (Å²) in [5, 5.41) is 13.9. The number of aliphatic carboxylic acids is 1. The van der Waals surface area contributed by atoms with Gasteiger partial charge in [0, 0.05) is 25.8 Å². The molecule has 0 spiro atoms. The lowest BCUT2D eigenvalue weighted by molar-refractivity contribution is -0.139. The first-order valence-corrected chi connectivity index (χ1v) is 6.00. The molecule has 1 unspecified atom stereocenters. The molecular weight excluding hydrogens is 264 g/mol. The third-order valence-corrected chi connectivity index (χ3v) is 2.56. The smallest absolute Gasteiger partial charge is 0.326 e. The second-order valence-electron chi connectivity index (χ2n) is 4.00. The van der Waals surface area contributed by atoms with Gasteiger partial charge in [-0.2, -0.15) is 0 Å². The number of carbonyl (C=O) groups is 2. The molecule has 2 amide bonds. The van der Waals surface area contributed by atoms with Crippen LogP contribution in [0, 0.1) is 0 Å². The van der Waals surface area contributed by atoms with Gasteiger partial charge in [0.05, 0.1) is 7.11 Å². The van der Waals surface area contributed by atoms with Crippen LogP contribution in [0.4, 0.5) is 10.5 Å². The van der Waals surface area contributed by atoms with Crippen molar-refractivity contribution in [2.45, 2.75) is 12.5 Å². The number of methoxy groups -OCH3 is 2. The molecule has 0 aliphatic carbocycles. The topological polar surface area (TPSA) is 96.9 Å². The Bertz CT molecular complexity index is 447. The van der Waals surface area contributed by atoms with Crippen molar-refractivity contribution in [3.63, 3.8) is 0 Å². The number of carboxylic acids is 1. The summed E-state index contributed by atoms with van der Waals surface area (Å²) >= 11 is 0. The molecule has 20 heavy (non-hydrogen) atoms. The second kappa shape index (κ2) is 8.00. The number of benzene rings is 1. The lowest BCUT2D eigenvalue weighted by Crippen LogP contribution is -2.43. The first-order valence-electron chi connectivity index (χ1n) is 6.00. The maximum Gasteiger partial charge on any atom is 0.326 e. The van der Waals surface area contributed by atoms with Crippen LogP contribution in [0.3, 0.4) is 0 Å². The molecule has 1 rings (SSSR count). The first-order chi connectivity index (χ1) is 9.56. The van der Waals surface area contributed by atoms with Crippen molar-refractivity contribution in [3.05, 3.63) is 24.3 Å². The van der Waals surface area contributed by atoms with Gasteiger partial charge >= 0.3 is 12.0 Å². The van der Waals surface area contributed by atoms with Crippen molar-refractivity contribution in [2.24, 2.45) is 0 Å². The minimum absolute atomic E-state index is 0.196. The van der Waals surface area contributed by atoms with Crippen molar-refractivity contribution in [1.29, 1.82) is 0 Å². The Labute approximate surface area is 116 Å². The number of nitrogens with one attached hydrogen (secondary N) is 2. The monoisotopic (exact) mass is 282 g/mol. The highest BCUT2D eigenvalue weighted by Gasteiger charge is 2.19. The van der Waals surface area contributed by atoms with Gasteiger partial charge in [-0.25, -0.2) is 9.59 Å². The van der Waals surface area contributed by atoms with E-state index in [1.807, 2.05) is 0 Å². The van der Waals surface area contributed by atoms with Crippen LogP contribution in [0.5, 0.6) is 5.75 Å². The molecule has 0 aliphatic heterocycles. The van der Waals surface area contributed by atoms with E-state index >= 15 is 0 Å². The molecule has 0 aliphatic rings. The van der Waals surface area contributed by atoms with E-state index in [4.69, 9.17) is 14.6 Å². The van der Waals surface area contributed by atoms with Crippen molar-refractivity contribution < 1.29 is 24.2 Å². The summed E-state index contributed by atoms with van der Waals surface area (Å²) in [6.45, 7) is 0.250. The zero-order valence-corrected chi connectivity index (χ0v) is 11.4. The summed E-state index contributed by atoms with van der Waals surface area (Å²) in [4.78, 5) is 22.6. The van der Waals surface area contributed by atoms with Crippen molar-refractivity contribution in [3.8, 4) is 5.75 Å². The van der Waals surface area contributed by atoms with Gasteiger partial charge in [-0.3, -0.25) is 0 Å². The Morgan fingerprint density at radius 3 is 2.40 bits per heavy atom. The summed E-state index contributed by atoms with van der Waals surface area (Å²) in [7, 11) is 3.01. The van der Waals surface area contributed by atoms with Gasteiger partial charge in [-0.1, -0.05) is 0 Å². The van der Waals surface area contributed by atoms with Gasteiger partial charge in [-0.15, -0.1) is 0 Å². The van der Waals surface area contributed by atoms with Gasteiger partial charge < -0.3 is 25.2 Å². The molecule has 110 valence electrons. The molecule has 1 atom stereocenters. The van der Waals surface area contributed by atoms with E-state index in [-0.39, 0.29) is 13.0 Å². The molecule has 7 nitrogen and oxygen atoms in total. The highest BCUT2D eigenvalue weighted by molar-refractivity contribution is 5.92. The number of hydrogen-bond acceptors (Lipinski definition) is 4. The number of rotatable bonds is 7. The largest absolute Gasteiger partial charge is 0.497 e. The molecule has 0 radical (unpaired) electrons. The Morgan fingerprint density at radius 1 is 1.25 bits per heavy atom. The zero-order valence-electron chi connectivity index (χ0n) is 11.4. The lowest BCUT2D eigenvalue weighted by atomic mass is 10.2. The van der Waals surface area contributed by atoms with E-state index in [1.54, 1.807) is 31.4 Å². The van der Waals surface area contributed by atoms with Gasteiger partial charge in [0.15, 0.2) is 0 Å². The molecule has 0 aromatic heterocycles. The van der Waals surface area contributed by atoms with E-state index in [0.29, 0.717) is 11.4 Å². The number of urea groups is 1. The van der Waals surface area contributed by atoms with Crippen LogP contribution in [0.25, 0.3) is 0 Å². The fourth-order valence-electron chi connectivity index (χ4n) is 1.49. The molecule has 0 heterocycles. The Kier molecular flexibility index (Phi) is 6.31. The van der Waals surface area contributed by atoms with Crippen LogP contribution in [0.1, 0.15) is 6.42 Å². The predicted molar refractivity (Wildman–Crippen MR) is 73.1 cm³/mol. The molecule has 7 heteroatoms. The molecule has 0 fully saturated rings. The average molecular weight is 282 g/mol. The van der Waals surface area contributed by atoms with Crippen molar-refractivity contribution >= 4 is 17.7 Å². The van der Waals surface area contributed by atoms with Crippen LogP contribution in [0.2, 0.25) is 0 Å². The maximum absolute atomic E-state index is 11.7. The lowest BCUT2D eigenvalue weighted by Gasteiger charge is -2.14. The zero-order chi connectivity index (χ0) is 15.0. The second-order valence-corrected chi connectivity index (χ2v) is 4.00. The van der Waals surface area contributed by atoms with Crippen LogP contribution in [-0.4, -0.2) is 44.0 Å². The van der Waals surface area contributed by atoms with Gasteiger partial charge in [0.2, 0.25) is 0 Å². The Morgan fingerprint density at radius 2 is 1.90 bits per heavy atom. The molecule has 0 saturated heterocycles. The van der Waals surface area contributed by atoms with Crippen LogP contribution in [0.15, 0.2) is 24.3 Å². The Hall–Kier alpha value is -2.28. The molecule has 3 N–H and O–H groups in total. The highest BCUT2D eigenvalue weighted by atomic mass is 16.5. The van der Waals surface area contributed by atoms with E-state index in [1.165, 1.54) is 7.11 Å². The summed E-state index contributed by atoms with van der Waals surface area (Å²) in [6.07, 6.45) is 0.196. The summed E-state index contributed by atoms with van der Waals surface area (Å²) in [6, 6.07) is 5.11. The number of ether oxygens (including phenoxy) is 2. The SMILES string of the molecule is COCCC(NC(=O)Nc1ccc(OC)cc1)C(=O)O. The van der Waals surface area contributed by atoms with Crippen molar-refractivity contribution in [1.82, 2.24) is 5.32 Å². The van der Waals surface area contributed by atoms with E-state index in [9.17, 15) is 9.59 Å². The van der Waals surface area contributed by atoms with E-state index < -0.39 is 18.0 Å². The summed E-state index contributed by atoms with van der Waals surface area (Å²) < 4.78 is 9.79. The third-order valence-electron chi connectivity index (χ3n) is 2.56. The number of anilines is 1. The number of hydrogen-bond donors (Lipinski definition) is 3. The first kappa shape index (κ1) is 15.8. The van der Waals surface area contributed by atoms with Crippen LogP contribution >= 0.6 is 0 Å². The van der Waals surface area contributed by atoms with E-state index in [0.717, 1.165) is 0 Å². The summed E-state index contributed by atoms with van der Waals surface area (Å²) in [5.74, 6) is -0.439. The number of amides is 2. The fourth-order valence-corrected chi connectivity index (χ4v) is 1.49. The molecule has 1 aromatic rings. The number of carboxylic acid groups (broad SMARTS) is 1. The quantitative estimate of drug-likeness (QED) is 0.700. The van der Waals surface area contributed by atoms with Crippen molar-refractivity contribution in [2.75, 3.05) is 26.1 Å². The predicted octanol–water partition coefficient (Wildman–Crippen LogP) is 1.31. The summed E-state index contributed by atoms with van der Waals surface area (Å²) in [5.41, 5.74) is 0.541. The number of carbonyl (C=O) groups excluding carboxylic acids is 1. The fraction of sp³-hybridized carbons (Fsp3) is 0.385. The van der Waals surface area contributed by atoms with Crippen LogP contribution in [-0.2, 0) is 9.53 Å². The minimum Gasteiger partial charge on any atom is -0.497 e. The molecular formula is C13H18N2O5. The Balaban J connectivity index is 2.53. The maximum atomic E-state index is 11.7. The average Bonchev–Trinajstić information content (AvgIpc) is 2.44. The standard InChI is InChI=1S/C13H18N2O5/c1-19-8-7-11(12(16)17)15-13(18)14-9-3-5-10(20-2)6-4-9/h3-6,11H,7-8H2,1-2H3,(H,16,17)(H2,14,15,18). The van der Waals surface area contributed by atoms with Gasteiger partial charge in [0.1, 0.15) is 11.8 Å². The van der Waals surface area contributed by atoms with Gasteiger partial charge in [0.25, 0.3) is 0 Å². The van der Waals surface area contributed by atoms with Gasteiger partial charge in [-0.05, 0) is 24.3 Å². The van der Waals surface area contributed by atoms with Crippen LogP contribution < -0.4 is 15.4 Å². The molecule has 1 aromatic carbocycles. The minimum atomic E-state index is -1.10. The molecule has 0 bridgehead atoms. The third kappa shape index (κ3) is 5.15. The molecule has 0 saturated carbocycles. The normalized spacial score (nSPS) is 11.5. The highest BCUT2D eigenvalue weighted by Crippen LogP contribution is 2.14.